The first-order chi connectivity index (χ1) is 15.0. The summed E-state index contributed by atoms with van der Waals surface area (Å²) in [5.41, 5.74) is 1.01. The maximum atomic E-state index is 12.7. The summed E-state index contributed by atoms with van der Waals surface area (Å²) in [6.45, 7) is 1.33. The Hall–Kier alpha value is -3.84. The van der Waals surface area contributed by atoms with Crippen molar-refractivity contribution in [1.29, 1.82) is 5.26 Å². The Bertz CT molecular complexity index is 1130. The number of rotatable bonds is 5. The van der Waals surface area contributed by atoms with E-state index in [2.05, 4.69) is 20.4 Å². The van der Waals surface area contributed by atoms with Crippen LogP contribution in [0.2, 0.25) is 0 Å². The standard InChI is InChI=1S/C21H18N6O3S/c22-13-15-12-16(27(29)30)3-4-17(15)23-21(28)14-7-9-26(10-8-14)20-6-5-18(24-25-20)19-2-1-11-31-19/h1-6,11-12,14H,7-10H2,(H,23,28). The Morgan fingerprint density at radius 2 is 2.03 bits per heavy atom. The number of amides is 1. The highest BCUT2D eigenvalue weighted by Crippen LogP contribution is 2.27. The summed E-state index contributed by atoms with van der Waals surface area (Å²) in [5, 5.41) is 33.5. The normalized spacial score (nSPS) is 14.1. The van der Waals surface area contributed by atoms with E-state index in [9.17, 15) is 20.2 Å². The second kappa shape index (κ2) is 8.89. The van der Waals surface area contributed by atoms with Crippen LogP contribution in [0.4, 0.5) is 17.2 Å². The Labute approximate surface area is 182 Å². The van der Waals surface area contributed by atoms with Gasteiger partial charge >= 0.3 is 0 Å². The van der Waals surface area contributed by atoms with Gasteiger partial charge in [-0.1, -0.05) is 6.07 Å². The SMILES string of the molecule is N#Cc1cc([N+](=O)[O-])ccc1NC(=O)C1CCN(c2ccc(-c3cccs3)nn2)CC1. The van der Waals surface area contributed by atoms with Crippen molar-refractivity contribution in [3.63, 3.8) is 0 Å². The van der Waals surface area contributed by atoms with Gasteiger partial charge in [-0.3, -0.25) is 14.9 Å². The van der Waals surface area contributed by atoms with Crippen LogP contribution in [0.3, 0.4) is 0 Å². The number of non-ortho nitro benzene ring substituents is 1. The van der Waals surface area contributed by atoms with Crippen molar-refractivity contribution in [3.8, 4) is 16.6 Å². The van der Waals surface area contributed by atoms with Gasteiger partial charge in [0, 0.05) is 31.1 Å². The molecule has 3 heterocycles. The summed E-state index contributed by atoms with van der Waals surface area (Å²) in [5.74, 6) is 0.377. The molecule has 10 heteroatoms. The van der Waals surface area contributed by atoms with Gasteiger partial charge in [-0.15, -0.1) is 21.5 Å². The van der Waals surface area contributed by atoms with E-state index in [1.807, 2.05) is 35.7 Å². The predicted molar refractivity (Wildman–Crippen MR) is 117 cm³/mol. The Kier molecular flexibility index (Phi) is 5.86. The van der Waals surface area contributed by atoms with E-state index in [1.54, 1.807) is 11.3 Å². The monoisotopic (exact) mass is 434 g/mol. The van der Waals surface area contributed by atoms with Crippen LogP contribution in [-0.2, 0) is 4.79 Å². The van der Waals surface area contributed by atoms with Crippen LogP contribution in [-0.4, -0.2) is 34.1 Å². The number of nitrogens with zero attached hydrogens (tertiary/aromatic N) is 5. The fourth-order valence-electron chi connectivity index (χ4n) is 3.50. The number of carbonyl (C=O) groups excluding carboxylic acids is 1. The lowest BCUT2D eigenvalue weighted by atomic mass is 9.95. The van der Waals surface area contributed by atoms with Gasteiger partial charge in [0.05, 0.1) is 21.1 Å². The Morgan fingerprint density at radius 1 is 1.23 bits per heavy atom. The van der Waals surface area contributed by atoms with E-state index >= 15 is 0 Å². The number of thiophene rings is 1. The Balaban J connectivity index is 1.36. The van der Waals surface area contributed by atoms with E-state index in [0.29, 0.717) is 25.9 Å². The lowest BCUT2D eigenvalue weighted by Crippen LogP contribution is -2.38. The predicted octanol–water partition coefficient (Wildman–Crippen LogP) is 3.84. The fraction of sp³-hybridized carbons (Fsp3) is 0.238. The van der Waals surface area contributed by atoms with Crippen molar-refractivity contribution in [2.45, 2.75) is 12.8 Å². The van der Waals surface area contributed by atoms with Gasteiger partial charge in [-0.25, -0.2) is 0 Å². The molecule has 0 bridgehead atoms. The third-order valence-electron chi connectivity index (χ3n) is 5.21. The number of hydrogen-bond acceptors (Lipinski definition) is 8. The number of nitro benzene ring substituents is 1. The average molecular weight is 434 g/mol. The van der Waals surface area contributed by atoms with Crippen molar-refractivity contribution in [2.75, 3.05) is 23.3 Å². The molecule has 1 aliphatic rings. The average Bonchev–Trinajstić information content (AvgIpc) is 3.34. The summed E-state index contributed by atoms with van der Waals surface area (Å²) < 4.78 is 0. The summed E-state index contributed by atoms with van der Waals surface area (Å²) in [6.07, 6.45) is 1.27. The minimum absolute atomic E-state index is 0.0705. The molecule has 1 saturated heterocycles. The van der Waals surface area contributed by atoms with Gasteiger partial charge in [0.15, 0.2) is 5.82 Å². The molecule has 0 unspecified atom stereocenters. The zero-order valence-electron chi connectivity index (χ0n) is 16.4. The molecule has 31 heavy (non-hydrogen) atoms. The van der Waals surface area contributed by atoms with Crippen LogP contribution >= 0.6 is 11.3 Å². The van der Waals surface area contributed by atoms with Crippen molar-refractivity contribution >= 4 is 34.4 Å². The van der Waals surface area contributed by atoms with E-state index < -0.39 is 4.92 Å². The second-order valence-electron chi connectivity index (χ2n) is 7.10. The van der Waals surface area contributed by atoms with E-state index in [4.69, 9.17) is 0 Å². The summed E-state index contributed by atoms with van der Waals surface area (Å²) in [6, 6.07) is 13.6. The lowest BCUT2D eigenvalue weighted by Gasteiger charge is -2.31. The van der Waals surface area contributed by atoms with Crippen molar-refractivity contribution < 1.29 is 9.72 Å². The molecule has 1 aromatic carbocycles. The second-order valence-corrected chi connectivity index (χ2v) is 8.05. The lowest BCUT2D eigenvalue weighted by molar-refractivity contribution is -0.384. The highest BCUT2D eigenvalue weighted by molar-refractivity contribution is 7.13. The summed E-state index contributed by atoms with van der Waals surface area (Å²) in [7, 11) is 0. The molecule has 0 radical (unpaired) electrons. The first kappa shape index (κ1) is 20.4. The zero-order valence-corrected chi connectivity index (χ0v) is 17.2. The molecule has 0 saturated carbocycles. The molecule has 0 spiro atoms. The van der Waals surface area contributed by atoms with Gasteiger partial charge in [0.2, 0.25) is 5.91 Å². The first-order valence-corrected chi connectivity index (χ1v) is 10.5. The van der Waals surface area contributed by atoms with Gasteiger partial charge in [0.1, 0.15) is 11.8 Å². The molecule has 156 valence electrons. The van der Waals surface area contributed by atoms with Crippen LogP contribution in [0, 0.1) is 27.4 Å². The topological polar surface area (TPSA) is 125 Å². The maximum Gasteiger partial charge on any atom is 0.270 e. The van der Waals surface area contributed by atoms with E-state index in [1.165, 1.54) is 12.1 Å². The minimum atomic E-state index is -0.571. The van der Waals surface area contributed by atoms with Crippen LogP contribution in [0.15, 0.2) is 47.8 Å². The highest BCUT2D eigenvalue weighted by Gasteiger charge is 2.26. The molecule has 0 aliphatic carbocycles. The third-order valence-corrected chi connectivity index (χ3v) is 6.10. The first-order valence-electron chi connectivity index (χ1n) is 9.67. The maximum absolute atomic E-state index is 12.7. The van der Waals surface area contributed by atoms with Crippen molar-refractivity contribution in [2.24, 2.45) is 5.92 Å². The van der Waals surface area contributed by atoms with Gasteiger partial charge in [-0.2, -0.15) is 5.26 Å². The summed E-state index contributed by atoms with van der Waals surface area (Å²) in [4.78, 5) is 26.1. The molecule has 0 atom stereocenters. The molecule has 3 aromatic rings. The minimum Gasteiger partial charge on any atom is -0.355 e. The number of aromatic nitrogens is 2. The molecular formula is C21H18N6O3S. The highest BCUT2D eigenvalue weighted by atomic mass is 32.1. The number of hydrogen-bond donors (Lipinski definition) is 1. The largest absolute Gasteiger partial charge is 0.355 e. The van der Waals surface area contributed by atoms with Crippen LogP contribution < -0.4 is 10.2 Å². The molecule has 1 aliphatic heterocycles. The number of nitriles is 1. The van der Waals surface area contributed by atoms with Crippen LogP contribution in [0.5, 0.6) is 0 Å². The smallest absolute Gasteiger partial charge is 0.270 e. The molecule has 4 rings (SSSR count). The van der Waals surface area contributed by atoms with Gasteiger partial charge in [0.25, 0.3) is 5.69 Å². The molecule has 9 nitrogen and oxygen atoms in total. The quantitative estimate of drug-likeness (QED) is 0.478. The number of nitrogens with one attached hydrogen (secondary N) is 1. The number of piperidine rings is 1. The number of anilines is 2. The number of benzene rings is 1. The molecule has 2 aromatic heterocycles. The van der Waals surface area contributed by atoms with Crippen molar-refractivity contribution in [1.82, 2.24) is 10.2 Å². The molecular weight excluding hydrogens is 416 g/mol. The van der Waals surface area contributed by atoms with Gasteiger partial charge in [-0.05, 0) is 42.5 Å². The molecule has 1 N–H and O–H groups in total. The van der Waals surface area contributed by atoms with Crippen molar-refractivity contribution in [3.05, 3.63) is 63.5 Å². The third kappa shape index (κ3) is 4.51. The number of carbonyl (C=O) groups is 1. The number of nitro groups is 1. The fourth-order valence-corrected chi connectivity index (χ4v) is 4.19. The zero-order chi connectivity index (χ0) is 21.8. The summed E-state index contributed by atoms with van der Waals surface area (Å²) >= 11 is 1.61. The van der Waals surface area contributed by atoms with E-state index in [0.717, 1.165) is 22.5 Å². The van der Waals surface area contributed by atoms with Gasteiger partial charge < -0.3 is 10.2 Å². The Morgan fingerprint density at radius 3 is 2.65 bits per heavy atom. The van der Waals surface area contributed by atoms with Crippen LogP contribution in [0.1, 0.15) is 18.4 Å². The molecule has 1 fully saturated rings. The van der Waals surface area contributed by atoms with Crippen LogP contribution in [0.25, 0.3) is 10.6 Å². The van der Waals surface area contributed by atoms with E-state index in [-0.39, 0.29) is 28.8 Å². The molecule has 1 amide bonds.